The fourth-order valence-corrected chi connectivity index (χ4v) is 4.05. The lowest BCUT2D eigenvalue weighted by molar-refractivity contribution is -0.0112. The van der Waals surface area contributed by atoms with Crippen molar-refractivity contribution in [1.82, 2.24) is 4.72 Å². The summed E-state index contributed by atoms with van der Waals surface area (Å²) in [7, 11) is -3.47. The molecule has 3 atom stereocenters. The van der Waals surface area contributed by atoms with E-state index in [0.29, 0.717) is 24.8 Å². The van der Waals surface area contributed by atoms with E-state index in [-0.39, 0.29) is 0 Å². The normalized spacial score (nSPS) is 18.6. The van der Waals surface area contributed by atoms with E-state index in [1.54, 1.807) is 0 Å². The van der Waals surface area contributed by atoms with Crippen LogP contribution in [0.5, 0.6) is 0 Å². The number of sulfonamides is 1. The molecule has 0 bridgehead atoms. The van der Waals surface area contributed by atoms with Crippen molar-refractivity contribution in [3.8, 4) is 0 Å². The molecule has 0 amide bonds. The van der Waals surface area contributed by atoms with Gasteiger partial charge >= 0.3 is 0 Å². The molecule has 2 aromatic rings. The van der Waals surface area contributed by atoms with Crippen LogP contribution in [-0.2, 0) is 22.9 Å². The van der Waals surface area contributed by atoms with Crippen LogP contribution in [0.4, 0.5) is 0 Å². The number of aliphatic hydroxyl groups excluding tert-OH is 2. The molecule has 1 aliphatic heterocycles. The minimum absolute atomic E-state index is 0.416. The van der Waals surface area contributed by atoms with Crippen LogP contribution in [0.25, 0.3) is 0 Å². The molecule has 6 heteroatoms. The average Bonchev–Trinajstić information content (AvgIpc) is 2.71. The summed E-state index contributed by atoms with van der Waals surface area (Å²) in [6.45, 7) is 0. The van der Waals surface area contributed by atoms with Crippen LogP contribution in [-0.4, -0.2) is 30.8 Å². The number of benzene rings is 2. The monoisotopic (exact) mass is 399 g/mol. The van der Waals surface area contributed by atoms with E-state index in [4.69, 9.17) is 0 Å². The molecule has 0 radical (unpaired) electrons. The van der Waals surface area contributed by atoms with Crippen molar-refractivity contribution >= 4 is 10.0 Å². The zero-order valence-corrected chi connectivity index (χ0v) is 16.3. The minimum Gasteiger partial charge on any atom is -0.390 e. The third-order valence-corrected chi connectivity index (χ3v) is 5.87. The van der Waals surface area contributed by atoms with Gasteiger partial charge in [0.1, 0.15) is 0 Å². The highest BCUT2D eigenvalue weighted by Gasteiger charge is 2.30. The maximum atomic E-state index is 11.6. The topological polar surface area (TPSA) is 86.6 Å². The Labute approximate surface area is 166 Å². The molecular weight excluding hydrogens is 374 g/mol. The summed E-state index contributed by atoms with van der Waals surface area (Å²) in [4.78, 5) is 0. The highest BCUT2D eigenvalue weighted by Crippen LogP contribution is 2.27. The fourth-order valence-electron chi connectivity index (χ4n) is 3.34. The number of hydrogen-bond donors (Lipinski definition) is 3. The Morgan fingerprint density at radius 2 is 1.50 bits per heavy atom. The third-order valence-electron chi connectivity index (χ3n) is 4.93. The largest absolute Gasteiger partial charge is 0.390 e. The van der Waals surface area contributed by atoms with Crippen LogP contribution >= 0.6 is 0 Å². The standard InChI is InChI=1S/C22H25NO4S/c24-21(12-11-17-7-3-1-4-8-17)22(25)20(15-18-9-5-2-6-10-18)19-13-14-28(26,27)23-16-19/h1-10,13-14,16,20-25H,11-12,15H2. The van der Waals surface area contributed by atoms with Gasteiger partial charge in [0.05, 0.1) is 17.6 Å². The Balaban J connectivity index is 1.75. The Morgan fingerprint density at radius 3 is 2.07 bits per heavy atom. The smallest absolute Gasteiger partial charge is 0.254 e. The second-order valence-electron chi connectivity index (χ2n) is 6.99. The summed E-state index contributed by atoms with van der Waals surface area (Å²) in [6.07, 6.45) is 2.49. The Kier molecular flexibility index (Phi) is 6.67. The second-order valence-corrected chi connectivity index (χ2v) is 8.59. The lowest BCUT2D eigenvalue weighted by atomic mass is 9.83. The predicted molar refractivity (Wildman–Crippen MR) is 110 cm³/mol. The number of allylic oxidation sites excluding steroid dienone is 1. The zero-order valence-electron chi connectivity index (χ0n) is 15.5. The van der Waals surface area contributed by atoms with E-state index in [0.717, 1.165) is 16.5 Å². The minimum atomic E-state index is -3.47. The molecule has 0 spiro atoms. The van der Waals surface area contributed by atoms with Gasteiger partial charge in [0.2, 0.25) is 0 Å². The third kappa shape index (κ3) is 5.55. The van der Waals surface area contributed by atoms with Crippen molar-refractivity contribution in [1.29, 1.82) is 0 Å². The summed E-state index contributed by atoms with van der Waals surface area (Å²) in [5.41, 5.74) is 2.74. The predicted octanol–water partition coefficient (Wildman–Crippen LogP) is 2.53. The number of aliphatic hydroxyl groups is 2. The molecule has 3 N–H and O–H groups in total. The molecule has 3 unspecified atom stereocenters. The molecule has 0 fully saturated rings. The van der Waals surface area contributed by atoms with Gasteiger partial charge in [-0.15, -0.1) is 0 Å². The van der Waals surface area contributed by atoms with Gasteiger partial charge in [0.15, 0.2) is 0 Å². The molecule has 5 nitrogen and oxygen atoms in total. The molecule has 0 aliphatic carbocycles. The molecule has 0 saturated carbocycles. The van der Waals surface area contributed by atoms with E-state index in [9.17, 15) is 18.6 Å². The first-order valence-corrected chi connectivity index (χ1v) is 10.8. The highest BCUT2D eigenvalue weighted by molar-refractivity contribution is 7.92. The zero-order chi connectivity index (χ0) is 20.0. The SMILES string of the molecule is O=S1(=O)C=CC(C(Cc2ccccc2)C(O)C(O)CCc2ccccc2)=CN1. The molecule has 148 valence electrons. The van der Waals surface area contributed by atoms with Crippen molar-refractivity contribution in [2.45, 2.75) is 31.5 Å². The van der Waals surface area contributed by atoms with Crippen LogP contribution in [0.2, 0.25) is 0 Å². The first-order valence-electron chi connectivity index (χ1n) is 9.29. The molecule has 0 saturated heterocycles. The van der Waals surface area contributed by atoms with E-state index >= 15 is 0 Å². The molecule has 1 heterocycles. The number of rotatable bonds is 8. The summed E-state index contributed by atoms with van der Waals surface area (Å²) in [6, 6.07) is 19.5. The summed E-state index contributed by atoms with van der Waals surface area (Å²) >= 11 is 0. The molecule has 0 aromatic heterocycles. The van der Waals surface area contributed by atoms with Crippen LogP contribution < -0.4 is 4.72 Å². The Morgan fingerprint density at radius 1 is 0.893 bits per heavy atom. The van der Waals surface area contributed by atoms with Crippen molar-refractivity contribution in [3.05, 3.63) is 95.0 Å². The van der Waals surface area contributed by atoms with Crippen molar-refractivity contribution in [3.63, 3.8) is 0 Å². The highest BCUT2D eigenvalue weighted by atomic mass is 32.2. The summed E-state index contributed by atoms with van der Waals surface area (Å²) in [5.74, 6) is -0.438. The molecular formula is C22H25NO4S. The Hall–Kier alpha value is -2.41. The molecule has 3 rings (SSSR count). The maximum absolute atomic E-state index is 11.6. The lowest BCUT2D eigenvalue weighted by Gasteiger charge is -2.29. The van der Waals surface area contributed by atoms with Gasteiger partial charge in [-0.1, -0.05) is 60.7 Å². The van der Waals surface area contributed by atoms with E-state index < -0.39 is 28.1 Å². The second kappa shape index (κ2) is 9.19. The van der Waals surface area contributed by atoms with Crippen molar-refractivity contribution in [2.75, 3.05) is 0 Å². The maximum Gasteiger partial charge on any atom is 0.254 e. The van der Waals surface area contributed by atoms with Gasteiger partial charge in [-0.2, -0.15) is 0 Å². The first kappa shape index (κ1) is 20.3. The summed E-state index contributed by atoms with van der Waals surface area (Å²) in [5, 5.41) is 22.6. The van der Waals surface area contributed by atoms with E-state index in [2.05, 4.69) is 4.72 Å². The van der Waals surface area contributed by atoms with Crippen LogP contribution in [0.15, 0.2) is 83.9 Å². The van der Waals surface area contributed by atoms with E-state index in [1.165, 1.54) is 12.3 Å². The fraction of sp³-hybridized carbons (Fsp3) is 0.273. The lowest BCUT2D eigenvalue weighted by Crippen LogP contribution is -2.37. The van der Waals surface area contributed by atoms with Gasteiger partial charge in [0.25, 0.3) is 10.0 Å². The molecule has 2 aromatic carbocycles. The number of nitrogens with one attached hydrogen (secondary N) is 1. The average molecular weight is 400 g/mol. The molecule has 28 heavy (non-hydrogen) atoms. The van der Waals surface area contributed by atoms with Gasteiger partial charge < -0.3 is 10.2 Å². The molecule has 1 aliphatic rings. The summed E-state index contributed by atoms with van der Waals surface area (Å²) < 4.78 is 25.5. The van der Waals surface area contributed by atoms with Crippen LogP contribution in [0.3, 0.4) is 0 Å². The number of aryl methyl sites for hydroxylation is 1. The van der Waals surface area contributed by atoms with Crippen LogP contribution in [0, 0.1) is 5.92 Å². The quantitative estimate of drug-likeness (QED) is 0.637. The number of hydrogen-bond acceptors (Lipinski definition) is 4. The van der Waals surface area contributed by atoms with Crippen molar-refractivity contribution in [2.24, 2.45) is 5.92 Å². The van der Waals surface area contributed by atoms with Gasteiger partial charge in [0, 0.05) is 12.1 Å². The van der Waals surface area contributed by atoms with Gasteiger partial charge in [-0.25, -0.2) is 8.42 Å². The first-order chi connectivity index (χ1) is 13.4. The van der Waals surface area contributed by atoms with Gasteiger partial charge in [-0.05, 0) is 42.0 Å². The van der Waals surface area contributed by atoms with Crippen LogP contribution in [0.1, 0.15) is 17.5 Å². The van der Waals surface area contributed by atoms with E-state index in [1.807, 2.05) is 60.7 Å². The Bertz CT molecular complexity index is 924. The van der Waals surface area contributed by atoms with Crippen molar-refractivity contribution < 1.29 is 18.6 Å². The van der Waals surface area contributed by atoms with Gasteiger partial charge in [-0.3, -0.25) is 4.72 Å².